The number of ether oxygens (including phenoxy) is 1. The third-order valence-electron chi connectivity index (χ3n) is 5.96. The summed E-state index contributed by atoms with van der Waals surface area (Å²) in [6.07, 6.45) is 4.87. The number of rotatable bonds is 7. The van der Waals surface area contributed by atoms with Crippen LogP contribution < -0.4 is 10.3 Å². The maximum absolute atomic E-state index is 13.4. The SMILES string of the molecule is C[C@@H](Oc1c(C=Nn2c(C3CCCCC3)nc3ccccc3c2=O)cc(Br)cc1[N+](=O)[O-])C(=O)O. The molecule has 1 N–H and O–H groups in total. The maximum Gasteiger partial charge on any atom is 0.344 e. The number of fused-ring (bicyclic) bond motifs is 1. The summed E-state index contributed by atoms with van der Waals surface area (Å²) < 4.78 is 7.05. The summed E-state index contributed by atoms with van der Waals surface area (Å²) in [4.78, 5) is 40.5. The molecule has 0 unspecified atom stereocenters. The number of carboxylic acids is 1. The van der Waals surface area contributed by atoms with Gasteiger partial charge in [-0.2, -0.15) is 9.78 Å². The first-order valence-corrected chi connectivity index (χ1v) is 12.0. The minimum atomic E-state index is -1.34. The number of carboxylic acid groups (broad SMARTS) is 1. The van der Waals surface area contributed by atoms with Crippen molar-refractivity contribution < 1.29 is 19.6 Å². The van der Waals surface area contributed by atoms with Gasteiger partial charge in [-0.25, -0.2) is 9.78 Å². The topological polar surface area (TPSA) is 137 Å². The number of aromatic nitrogens is 2. The van der Waals surface area contributed by atoms with Crippen molar-refractivity contribution in [3.63, 3.8) is 0 Å². The molecule has 1 saturated carbocycles. The number of nitro benzene ring substituents is 1. The van der Waals surface area contributed by atoms with Gasteiger partial charge in [0.2, 0.25) is 5.75 Å². The zero-order chi connectivity index (χ0) is 25.1. The number of benzene rings is 2. The van der Waals surface area contributed by atoms with Gasteiger partial charge < -0.3 is 9.84 Å². The van der Waals surface area contributed by atoms with E-state index in [4.69, 9.17) is 9.72 Å². The van der Waals surface area contributed by atoms with E-state index >= 15 is 0 Å². The third kappa shape index (κ3) is 5.24. The van der Waals surface area contributed by atoms with Crippen LogP contribution in [0.3, 0.4) is 0 Å². The minimum absolute atomic E-state index is 0.0535. The largest absolute Gasteiger partial charge is 0.479 e. The van der Waals surface area contributed by atoms with Crippen LogP contribution in [-0.4, -0.2) is 38.0 Å². The van der Waals surface area contributed by atoms with Crippen LogP contribution >= 0.6 is 15.9 Å². The highest BCUT2D eigenvalue weighted by atomic mass is 79.9. The highest BCUT2D eigenvalue weighted by molar-refractivity contribution is 9.10. The molecule has 11 heteroatoms. The Morgan fingerprint density at radius 2 is 2.03 bits per heavy atom. The number of halogens is 1. The summed E-state index contributed by atoms with van der Waals surface area (Å²) in [6, 6.07) is 9.76. The molecule has 0 spiro atoms. The van der Waals surface area contributed by atoms with Gasteiger partial charge in [-0.3, -0.25) is 14.9 Å². The molecule has 0 amide bonds. The molecule has 0 aliphatic heterocycles. The van der Waals surface area contributed by atoms with Gasteiger partial charge >= 0.3 is 11.7 Å². The number of carbonyl (C=O) groups is 1. The maximum atomic E-state index is 13.4. The van der Waals surface area contributed by atoms with E-state index in [0.717, 1.165) is 32.1 Å². The highest BCUT2D eigenvalue weighted by Crippen LogP contribution is 2.35. The smallest absolute Gasteiger partial charge is 0.344 e. The van der Waals surface area contributed by atoms with Gasteiger partial charge in [-0.1, -0.05) is 47.3 Å². The van der Waals surface area contributed by atoms with Crippen molar-refractivity contribution in [1.29, 1.82) is 0 Å². The van der Waals surface area contributed by atoms with Gasteiger partial charge in [-0.05, 0) is 38.0 Å². The molecule has 2 aromatic carbocycles. The van der Waals surface area contributed by atoms with E-state index in [0.29, 0.717) is 21.2 Å². The first-order chi connectivity index (χ1) is 16.8. The van der Waals surface area contributed by atoms with Gasteiger partial charge in [0, 0.05) is 22.0 Å². The number of hydrogen-bond acceptors (Lipinski definition) is 7. The molecular formula is C24H23BrN4O6. The first-order valence-electron chi connectivity index (χ1n) is 11.2. The number of para-hydroxylation sites is 1. The van der Waals surface area contributed by atoms with Gasteiger partial charge in [0.05, 0.1) is 22.0 Å². The fraction of sp³-hybridized carbons (Fsp3) is 0.333. The molecule has 10 nitrogen and oxygen atoms in total. The fourth-order valence-electron chi connectivity index (χ4n) is 4.18. The van der Waals surface area contributed by atoms with Crippen molar-refractivity contribution in [2.75, 3.05) is 0 Å². The summed E-state index contributed by atoms with van der Waals surface area (Å²) in [6.45, 7) is 1.27. The molecule has 1 fully saturated rings. The number of nitro groups is 1. The lowest BCUT2D eigenvalue weighted by atomic mass is 9.88. The summed E-state index contributed by atoms with van der Waals surface area (Å²) in [5.74, 6) is -0.939. The van der Waals surface area contributed by atoms with E-state index in [2.05, 4.69) is 21.0 Å². The van der Waals surface area contributed by atoms with E-state index in [1.807, 2.05) is 6.07 Å². The van der Waals surface area contributed by atoms with E-state index < -0.39 is 22.7 Å². The van der Waals surface area contributed by atoms with Crippen LogP contribution in [0.15, 0.2) is 50.8 Å². The Balaban J connectivity index is 1.88. The molecule has 3 aromatic rings. The number of aliphatic carboxylic acids is 1. The second-order valence-electron chi connectivity index (χ2n) is 8.38. The van der Waals surface area contributed by atoms with Crippen LogP contribution in [-0.2, 0) is 4.79 Å². The van der Waals surface area contributed by atoms with E-state index in [1.165, 1.54) is 29.9 Å². The fourth-order valence-corrected chi connectivity index (χ4v) is 4.65. The normalized spacial score (nSPS) is 15.4. The quantitative estimate of drug-likeness (QED) is 0.256. The Kier molecular flexibility index (Phi) is 7.25. The lowest BCUT2D eigenvalue weighted by Crippen LogP contribution is -2.25. The molecule has 35 heavy (non-hydrogen) atoms. The van der Waals surface area contributed by atoms with E-state index in [1.54, 1.807) is 18.2 Å². The molecule has 1 atom stereocenters. The van der Waals surface area contributed by atoms with Crippen LogP contribution in [0.4, 0.5) is 5.69 Å². The Hall–Kier alpha value is -3.60. The van der Waals surface area contributed by atoms with Crippen molar-refractivity contribution in [3.8, 4) is 5.75 Å². The highest BCUT2D eigenvalue weighted by Gasteiger charge is 2.26. The van der Waals surface area contributed by atoms with Crippen LogP contribution in [0.2, 0.25) is 0 Å². The minimum Gasteiger partial charge on any atom is -0.479 e. The van der Waals surface area contributed by atoms with Crippen molar-refractivity contribution in [2.24, 2.45) is 5.10 Å². The Morgan fingerprint density at radius 3 is 2.71 bits per heavy atom. The molecule has 182 valence electrons. The van der Waals surface area contributed by atoms with Gasteiger partial charge in [0.25, 0.3) is 5.56 Å². The summed E-state index contributed by atoms with van der Waals surface area (Å²) in [5.41, 5.74) is -0.0422. The standard InChI is InChI=1S/C24H23BrN4O6/c1-14(24(31)32)35-21-16(11-17(25)12-20(21)29(33)34)13-26-28-22(15-7-3-2-4-8-15)27-19-10-6-5-9-18(19)23(28)30/h5-6,9-15H,2-4,7-8H2,1H3,(H,31,32)/t14-/m1/s1. The Morgan fingerprint density at radius 1 is 1.31 bits per heavy atom. The Bertz CT molecular complexity index is 1380. The first kappa shape index (κ1) is 24.5. The average molecular weight is 543 g/mol. The molecule has 1 aliphatic carbocycles. The van der Waals surface area contributed by atoms with E-state index in [-0.39, 0.29) is 22.8 Å². The van der Waals surface area contributed by atoms with Crippen LogP contribution in [0.25, 0.3) is 10.9 Å². The number of nitrogens with zero attached hydrogens (tertiary/aromatic N) is 4. The molecule has 0 radical (unpaired) electrons. The molecule has 4 rings (SSSR count). The van der Waals surface area contributed by atoms with Gasteiger partial charge in [0.15, 0.2) is 6.10 Å². The summed E-state index contributed by atoms with van der Waals surface area (Å²) in [5, 5.41) is 25.7. The zero-order valence-corrected chi connectivity index (χ0v) is 20.5. The van der Waals surface area contributed by atoms with Crippen LogP contribution in [0.1, 0.15) is 56.3 Å². The van der Waals surface area contributed by atoms with E-state index in [9.17, 15) is 24.8 Å². The Labute approximate surface area is 208 Å². The van der Waals surface area contributed by atoms with Crippen molar-refractivity contribution >= 4 is 44.7 Å². The molecular weight excluding hydrogens is 520 g/mol. The third-order valence-corrected chi connectivity index (χ3v) is 6.42. The van der Waals surface area contributed by atoms with Crippen LogP contribution in [0.5, 0.6) is 5.75 Å². The van der Waals surface area contributed by atoms with Gasteiger partial charge in [0.1, 0.15) is 5.82 Å². The zero-order valence-electron chi connectivity index (χ0n) is 18.9. The average Bonchev–Trinajstić information content (AvgIpc) is 2.84. The second-order valence-corrected chi connectivity index (χ2v) is 9.30. The number of hydrogen-bond donors (Lipinski definition) is 1. The van der Waals surface area contributed by atoms with Crippen molar-refractivity contribution in [3.05, 3.63) is 72.7 Å². The van der Waals surface area contributed by atoms with Crippen molar-refractivity contribution in [2.45, 2.75) is 51.0 Å². The predicted octanol–water partition coefficient (Wildman–Crippen LogP) is 4.85. The predicted molar refractivity (Wildman–Crippen MR) is 133 cm³/mol. The lowest BCUT2D eigenvalue weighted by Gasteiger charge is -2.22. The molecule has 1 heterocycles. The van der Waals surface area contributed by atoms with Crippen LogP contribution in [0, 0.1) is 10.1 Å². The lowest BCUT2D eigenvalue weighted by molar-refractivity contribution is -0.386. The molecule has 1 aromatic heterocycles. The molecule has 0 saturated heterocycles. The van der Waals surface area contributed by atoms with Gasteiger partial charge in [-0.15, -0.1) is 0 Å². The monoisotopic (exact) mass is 542 g/mol. The molecule has 0 bridgehead atoms. The molecule has 1 aliphatic rings. The summed E-state index contributed by atoms with van der Waals surface area (Å²) >= 11 is 3.24. The van der Waals surface area contributed by atoms with Crippen molar-refractivity contribution in [1.82, 2.24) is 9.66 Å². The second kappa shape index (κ2) is 10.3. The summed E-state index contributed by atoms with van der Waals surface area (Å²) in [7, 11) is 0.